The first kappa shape index (κ1) is 14.3. The van der Waals surface area contributed by atoms with Crippen LogP contribution in [0.1, 0.15) is 29.6 Å². The standard InChI is InChI=1S/C13H20N4O.ClH/c1-16-9-11(8-15-16)12(18)17-7-4-13(10-17)2-5-14-6-3-13;/h8-9,14H,2-7,10H2,1H3;1H. The molecule has 1 spiro atoms. The van der Waals surface area contributed by atoms with Crippen molar-refractivity contribution in [3.8, 4) is 0 Å². The summed E-state index contributed by atoms with van der Waals surface area (Å²) >= 11 is 0. The number of aromatic nitrogens is 2. The Morgan fingerprint density at radius 3 is 2.74 bits per heavy atom. The number of hydrogen-bond donors (Lipinski definition) is 1. The van der Waals surface area contributed by atoms with Gasteiger partial charge in [0.25, 0.3) is 5.91 Å². The first-order valence-electron chi connectivity index (χ1n) is 6.67. The lowest BCUT2D eigenvalue weighted by atomic mass is 9.78. The highest BCUT2D eigenvalue weighted by Gasteiger charge is 2.40. The highest BCUT2D eigenvalue weighted by atomic mass is 35.5. The zero-order chi connectivity index (χ0) is 12.6. The summed E-state index contributed by atoms with van der Waals surface area (Å²) in [4.78, 5) is 14.3. The first-order valence-corrected chi connectivity index (χ1v) is 6.67. The summed E-state index contributed by atoms with van der Waals surface area (Å²) in [6, 6.07) is 0. The lowest BCUT2D eigenvalue weighted by Crippen LogP contribution is -2.39. The molecule has 3 rings (SSSR count). The molecule has 0 aliphatic carbocycles. The summed E-state index contributed by atoms with van der Waals surface area (Å²) in [6.45, 7) is 4.00. The van der Waals surface area contributed by atoms with Gasteiger partial charge in [-0.15, -0.1) is 12.4 Å². The van der Waals surface area contributed by atoms with Crippen LogP contribution in [0.5, 0.6) is 0 Å². The minimum atomic E-state index is 0. The summed E-state index contributed by atoms with van der Waals surface area (Å²) in [5, 5.41) is 7.47. The molecule has 2 fully saturated rings. The highest BCUT2D eigenvalue weighted by Crippen LogP contribution is 2.38. The Hall–Kier alpha value is -1.07. The summed E-state index contributed by atoms with van der Waals surface area (Å²) < 4.78 is 1.68. The Kier molecular flexibility index (Phi) is 4.16. The van der Waals surface area contributed by atoms with Gasteiger partial charge < -0.3 is 10.2 Å². The van der Waals surface area contributed by atoms with E-state index in [0.717, 1.165) is 32.6 Å². The van der Waals surface area contributed by atoms with Gasteiger partial charge in [0.15, 0.2) is 0 Å². The Balaban J connectivity index is 0.00000133. The van der Waals surface area contributed by atoms with Crippen LogP contribution >= 0.6 is 12.4 Å². The molecule has 2 saturated heterocycles. The Bertz CT molecular complexity index is 453. The molecule has 0 atom stereocenters. The van der Waals surface area contributed by atoms with Gasteiger partial charge in [-0.2, -0.15) is 5.10 Å². The number of piperidine rings is 1. The van der Waals surface area contributed by atoms with E-state index in [0.29, 0.717) is 11.0 Å². The summed E-state index contributed by atoms with van der Waals surface area (Å²) in [5.74, 6) is 0.138. The second-order valence-electron chi connectivity index (χ2n) is 5.63. The number of aryl methyl sites for hydroxylation is 1. The van der Waals surface area contributed by atoms with Gasteiger partial charge in [0, 0.05) is 26.3 Å². The van der Waals surface area contributed by atoms with E-state index < -0.39 is 0 Å². The molecule has 3 heterocycles. The molecule has 0 unspecified atom stereocenters. The van der Waals surface area contributed by atoms with Gasteiger partial charge in [-0.3, -0.25) is 9.48 Å². The minimum Gasteiger partial charge on any atom is -0.338 e. The van der Waals surface area contributed by atoms with E-state index in [9.17, 15) is 4.79 Å². The van der Waals surface area contributed by atoms with Crippen molar-refractivity contribution in [2.24, 2.45) is 12.5 Å². The van der Waals surface area contributed by atoms with Crippen LogP contribution in [0.4, 0.5) is 0 Å². The summed E-state index contributed by atoms with van der Waals surface area (Å²) in [7, 11) is 1.84. The SMILES string of the molecule is Cl.Cn1cc(C(=O)N2CCC3(CCNCC3)C2)cn1. The predicted octanol–water partition coefficient (Wildman–Crippen LogP) is 1.06. The molecule has 1 amide bonds. The van der Waals surface area contributed by atoms with E-state index in [1.54, 1.807) is 17.1 Å². The van der Waals surface area contributed by atoms with E-state index in [2.05, 4.69) is 10.4 Å². The van der Waals surface area contributed by atoms with E-state index in [-0.39, 0.29) is 18.3 Å². The van der Waals surface area contributed by atoms with Crippen LogP contribution in [0.15, 0.2) is 12.4 Å². The Labute approximate surface area is 119 Å². The Morgan fingerprint density at radius 1 is 1.37 bits per heavy atom. The van der Waals surface area contributed by atoms with Crippen LogP contribution in [0, 0.1) is 5.41 Å². The van der Waals surface area contributed by atoms with Crippen LogP contribution in [0.3, 0.4) is 0 Å². The highest BCUT2D eigenvalue weighted by molar-refractivity contribution is 5.93. The van der Waals surface area contributed by atoms with Crippen molar-refractivity contribution in [2.75, 3.05) is 26.2 Å². The molecule has 0 radical (unpaired) electrons. The number of rotatable bonds is 1. The second-order valence-corrected chi connectivity index (χ2v) is 5.63. The van der Waals surface area contributed by atoms with Gasteiger partial charge in [0.05, 0.1) is 11.8 Å². The number of carbonyl (C=O) groups excluding carboxylic acids is 1. The van der Waals surface area contributed by atoms with E-state index in [4.69, 9.17) is 0 Å². The van der Waals surface area contributed by atoms with Crippen LogP contribution in [-0.4, -0.2) is 46.8 Å². The number of hydrogen-bond acceptors (Lipinski definition) is 3. The molecule has 1 aromatic heterocycles. The number of halogens is 1. The molecule has 19 heavy (non-hydrogen) atoms. The number of carbonyl (C=O) groups is 1. The molecular weight excluding hydrogens is 264 g/mol. The van der Waals surface area contributed by atoms with Crippen LogP contribution in [0.2, 0.25) is 0 Å². The molecular formula is C13H21ClN4O. The van der Waals surface area contributed by atoms with Gasteiger partial charge in [0.2, 0.25) is 0 Å². The van der Waals surface area contributed by atoms with Gasteiger partial charge in [-0.05, 0) is 37.8 Å². The molecule has 0 aromatic carbocycles. The zero-order valence-electron chi connectivity index (χ0n) is 11.3. The number of nitrogens with zero attached hydrogens (tertiary/aromatic N) is 3. The van der Waals surface area contributed by atoms with Crippen molar-refractivity contribution in [1.82, 2.24) is 20.0 Å². The molecule has 106 valence electrons. The smallest absolute Gasteiger partial charge is 0.257 e. The van der Waals surface area contributed by atoms with E-state index in [1.807, 2.05) is 11.9 Å². The zero-order valence-corrected chi connectivity index (χ0v) is 12.1. The molecule has 2 aliphatic rings. The molecule has 1 aromatic rings. The number of likely N-dealkylation sites (tertiary alicyclic amines) is 1. The summed E-state index contributed by atoms with van der Waals surface area (Å²) in [5.41, 5.74) is 1.09. The van der Waals surface area contributed by atoms with Crippen molar-refractivity contribution in [2.45, 2.75) is 19.3 Å². The maximum Gasteiger partial charge on any atom is 0.257 e. The van der Waals surface area contributed by atoms with Crippen molar-refractivity contribution in [3.63, 3.8) is 0 Å². The lowest BCUT2D eigenvalue weighted by molar-refractivity contribution is 0.0761. The van der Waals surface area contributed by atoms with E-state index in [1.165, 1.54) is 12.8 Å². The number of nitrogens with one attached hydrogen (secondary N) is 1. The molecule has 1 N–H and O–H groups in total. The summed E-state index contributed by atoms with van der Waals surface area (Å²) in [6.07, 6.45) is 7.01. The van der Waals surface area contributed by atoms with Crippen LogP contribution in [0.25, 0.3) is 0 Å². The second kappa shape index (κ2) is 5.51. The average Bonchev–Trinajstić information content (AvgIpc) is 2.97. The molecule has 6 heteroatoms. The largest absolute Gasteiger partial charge is 0.338 e. The monoisotopic (exact) mass is 284 g/mol. The van der Waals surface area contributed by atoms with Crippen LogP contribution in [-0.2, 0) is 7.05 Å². The average molecular weight is 285 g/mol. The fourth-order valence-corrected chi connectivity index (χ4v) is 3.19. The fourth-order valence-electron chi connectivity index (χ4n) is 3.19. The van der Waals surface area contributed by atoms with Crippen molar-refractivity contribution in [3.05, 3.63) is 18.0 Å². The van der Waals surface area contributed by atoms with Gasteiger partial charge in [-0.1, -0.05) is 0 Å². The molecule has 0 bridgehead atoms. The third-order valence-corrected chi connectivity index (χ3v) is 4.34. The van der Waals surface area contributed by atoms with Crippen molar-refractivity contribution in [1.29, 1.82) is 0 Å². The maximum atomic E-state index is 12.3. The molecule has 5 nitrogen and oxygen atoms in total. The predicted molar refractivity (Wildman–Crippen MR) is 75.5 cm³/mol. The number of amides is 1. The van der Waals surface area contributed by atoms with Crippen LogP contribution < -0.4 is 5.32 Å². The normalized spacial score (nSPS) is 21.4. The first-order chi connectivity index (χ1) is 8.69. The third-order valence-electron chi connectivity index (χ3n) is 4.34. The maximum absolute atomic E-state index is 12.3. The van der Waals surface area contributed by atoms with Crippen molar-refractivity contribution < 1.29 is 4.79 Å². The van der Waals surface area contributed by atoms with Gasteiger partial charge in [-0.25, -0.2) is 0 Å². The lowest BCUT2D eigenvalue weighted by Gasteiger charge is -2.33. The fraction of sp³-hybridized carbons (Fsp3) is 0.692. The topological polar surface area (TPSA) is 50.2 Å². The van der Waals surface area contributed by atoms with Crippen molar-refractivity contribution >= 4 is 18.3 Å². The van der Waals surface area contributed by atoms with E-state index >= 15 is 0 Å². The Morgan fingerprint density at radius 2 is 2.11 bits per heavy atom. The molecule has 0 saturated carbocycles. The molecule has 2 aliphatic heterocycles. The minimum absolute atomic E-state index is 0. The van der Waals surface area contributed by atoms with Gasteiger partial charge >= 0.3 is 0 Å². The van der Waals surface area contributed by atoms with Gasteiger partial charge in [0.1, 0.15) is 0 Å². The quantitative estimate of drug-likeness (QED) is 0.839. The third kappa shape index (κ3) is 2.77.